The Kier molecular flexibility index (Phi) is 4.42. The van der Waals surface area contributed by atoms with Crippen LogP contribution in [0.4, 0.5) is 13.2 Å². The lowest BCUT2D eigenvalue weighted by atomic mass is 9.84. The third kappa shape index (κ3) is 7.89. The standard InChI is InChI=1S/C9H15F3O2/c1-8(2,6-7(13)14)4-3-5-9(10,11)12/h3-6H2,1-2H3,(H,13,14). The summed E-state index contributed by atoms with van der Waals surface area (Å²) < 4.78 is 35.3. The van der Waals surface area contributed by atoms with Gasteiger partial charge in [0.25, 0.3) is 0 Å². The number of hydrogen-bond donors (Lipinski definition) is 1. The molecule has 14 heavy (non-hydrogen) atoms. The maximum Gasteiger partial charge on any atom is 0.389 e. The van der Waals surface area contributed by atoms with Gasteiger partial charge in [-0.15, -0.1) is 0 Å². The largest absolute Gasteiger partial charge is 0.481 e. The van der Waals surface area contributed by atoms with Crippen molar-refractivity contribution in [3.05, 3.63) is 0 Å². The highest BCUT2D eigenvalue weighted by Crippen LogP contribution is 2.30. The van der Waals surface area contributed by atoms with Crippen LogP contribution in [-0.4, -0.2) is 17.3 Å². The molecule has 0 amide bonds. The molecule has 0 aliphatic carbocycles. The van der Waals surface area contributed by atoms with Gasteiger partial charge in [0, 0.05) is 6.42 Å². The van der Waals surface area contributed by atoms with E-state index in [2.05, 4.69) is 0 Å². The molecule has 0 atom stereocenters. The molecule has 0 saturated heterocycles. The van der Waals surface area contributed by atoms with E-state index in [0.717, 1.165) is 0 Å². The Hall–Kier alpha value is -0.740. The van der Waals surface area contributed by atoms with Crippen molar-refractivity contribution in [3.63, 3.8) is 0 Å². The van der Waals surface area contributed by atoms with Crippen LogP contribution in [0.2, 0.25) is 0 Å². The van der Waals surface area contributed by atoms with Crippen molar-refractivity contribution < 1.29 is 23.1 Å². The number of carboxylic acids is 1. The number of hydrogen-bond acceptors (Lipinski definition) is 1. The van der Waals surface area contributed by atoms with E-state index >= 15 is 0 Å². The quantitative estimate of drug-likeness (QED) is 0.759. The van der Waals surface area contributed by atoms with Gasteiger partial charge in [-0.05, 0) is 18.3 Å². The Morgan fingerprint density at radius 1 is 1.21 bits per heavy atom. The van der Waals surface area contributed by atoms with Crippen molar-refractivity contribution in [2.24, 2.45) is 5.41 Å². The summed E-state index contributed by atoms with van der Waals surface area (Å²) in [7, 11) is 0. The van der Waals surface area contributed by atoms with Crippen molar-refractivity contribution >= 4 is 5.97 Å². The Morgan fingerprint density at radius 3 is 2.07 bits per heavy atom. The molecule has 0 rings (SSSR count). The number of alkyl halides is 3. The fourth-order valence-electron chi connectivity index (χ4n) is 1.27. The molecule has 0 aromatic carbocycles. The highest BCUT2D eigenvalue weighted by molar-refractivity contribution is 5.67. The number of aliphatic carboxylic acids is 1. The third-order valence-corrected chi connectivity index (χ3v) is 1.94. The minimum Gasteiger partial charge on any atom is -0.481 e. The fraction of sp³-hybridized carbons (Fsp3) is 0.889. The third-order valence-electron chi connectivity index (χ3n) is 1.94. The van der Waals surface area contributed by atoms with E-state index in [1.165, 1.54) is 0 Å². The molecule has 2 nitrogen and oxygen atoms in total. The first kappa shape index (κ1) is 13.3. The van der Waals surface area contributed by atoms with Crippen molar-refractivity contribution in [3.8, 4) is 0 Å². The molecule has 5 heteroatoms. The molecule has 84 valence electrons. The minimum atomic E-state index is -4.14. The molecule has 0 saturated carbocycles. The number of rotatable bonds is 5. The lowest BCUT2D eigenvalue weighted by Crippen LogP contribution is -2.18. The van der Waals surface area contributed by atoms with E-state index in [0.29, 0.717) is 0 Å². The summed E-state index contributed by atoms with van der Waals surface area (Å²) in [4.78, 5) is 10.4. The van der Waals surface area contributed by atoms with E-state index < -0.39 is 24.0 Å². The molecule has 0 heterocycles. The van der Waals surface area contributed by atoms with Gasteiger partial charge in [0.2, 0.25) is 0 Å². The van der Waals surface area contributed by atoms with Gasteiger partial charge in [0.1, 0.15) is 0 Å². The molecule has 0 radical (unpaired) electrons. The van der Waals surface area contributed by atoms with Gasteiger partial charge in [-0.2, -0.15) is 13.2 Å². The number of carbonyl (C=O) groups is 1. The highest BCUT2D eigenvalue weighted by Gasteiger charge is 2.29. The second kappa shape index (κ2) is 4.66. The molecule has 0 aromatic rings. The average molecular weight is 212 g/mol. The molecule has 0 aliphatic heterocycles. The predicted molar refractivity (Wildman–Crippen MR) is 45.9 cm³/mol. The van der Waals surface area contributed by atoms with Crippen LogP contribution in [0.15, 0.2) is 0 Å². The molecular formula is C9H15F3O2. The van der Waals surface area contributed by atoms with Gasteiger partial charge in [-0.25, -0.2) is 0 Å². The SMILES string of the molecule is CC(C)(CCCC(F)(F)F)CC(=O)O. The summed E-state index contributed by atoms with van der Waals surface area (Å²) >= 11 is 0. The molecule has 0 fully saturated rings. The van der Waals surface area contributed by atoms with Crippen LogP contribution in [0.3, 0.4) is 0 Å². The molecule has 0 aliphatic rings. The zero-order valence-corrected chi connectivity index (χ0v) is 8.32. The van der Waals surface area contributed by atoms with E-state index in [4.69, 9.17) is 5.11 Å². The van der Waals surface area contributed by atoms with Crippen molar-refractivity contribution in [2.45, 2.75) is 45.7 Å². The average Bonchev–Trinajstić information content (AvgIpc) is 1.78. The summed E-state index contributed by atoms with van der Waals surface area (Å²) in [6, 6.07) is 0. The zero-order chi connectivity index (χ0) is 11.4. The van der Waals surface area contributed by atoms with E-state index in [9.17, 15) is 18.0 Å². The van der Waals surface area contributed by atoms with Crippen LogP contribution in [0.25, 0.3) is 0 Å². The van der Waals surface area contributed by atoms with Crippen LogP contribution < -0.4 is 0 Å². The van der Waals surface area contributed by atoms with Crippen molar-refractivity contribution in [1.82, 2.24) is 0 Å². The molecule has 0 bridgehead atoms. The Bertz CT molecular complexity index is 197. The fourth-order valence-corrected chi connectivity index (χ4v) is 1.27. The normalized spacial score (nSPS) is 12.9. The Labute approximate surface area is 81.1 Å². The van der Waals surface area contributed by atoms with Gasteiger partial charge in [0.15, 0.2) is 0 Å². The van der Waals surface area contributed by atoms with E-state index in [-0.39, 0.29) is 19.3 Å². The van der Waals surface area contributed by atoms with E-state index in [1.807, 2.05) is 0 Å². The van der Waals surface area contributed by atoms with Crippen LogP contribution in [0.5, 0.6) is 0 Å². The first-order valence-electron chi connectivity index (χ1n) is 4.41. The monoisotopic (exact) mass is 212 g/mol. The van der Waals surface area contributed by atoms with Crippen molar-refractivity contribution in [1.29, 1.82) is 0 Å². The zero-order valence-electron chi connectivity index (χ0n) is 8.32. The maximum absolute atomic E-state index is 11.8. The molecule has 0 aromatic heterocycles. The summed E-state index contributed by atoms with van der Waals surface area (Å²) in [6.07, 6.45) is -4.80. The predicted octanol–water partition coefficient (Wildman–Crippen LogP) is 3.22. The van der Waals surface area contributed by atoms with Gasteiger partial charge >= 0.3 is 12.1 Å². The van der Waals surface area contributed by atoms with Crippen molar-refractivity contribution in [2.75, 3.05) is 0 Å². The van der Waals surface area contributed by atoms with Crippen LogP contribution in [0.1, 0.15) is 39.5 Å². The van der Waals surface area contributed by atoms with Gasteiger partial charge in [-0.1, -0.05) is 13.8 Å². The lowest BCUT2D eigenvalue weighted by Gasteiger charge is -2.22. The molecular weight excluding hydrogens is 197 g/mol. The summed E-state index contributed by atoms with van der Waals surface area (Å²) in [5.74, 6) is -0.970. The van der Waals surface area contributed by atoms with Crippen LogP contribution in [-0.2, 0) is 4.79 Å². The van der Waals surface area contributed by atoms with Gasteiger partial charge < -0.3 is 5.11 Å². The highest BCUT2D eigenvalue weighted by atomic mass is 19.4. The summed E-state index contributed by atoms with van der Waals surface area (Å²) in [5, 5.41) is 8.49. The second-order valence-corrected chi connectivity index (χ2v) is 4.20. The number of halogens is 3. The first-order valence-corrected chi connectivity index (χ1v) is 4.41. The summed E-state index contributed by atoms with van der Waals surface area (Å²) in [6.45, 7) is 3.33. The van der Waals surface area contributed by atoms with Gasteiger partial charge in [0.05, 0.1) is 6.42 Å². The smallest absolute Gasteiger partial charge is 0.389 e. The van der Waals surface area contributed by atoms with Gasteiger partial charge in [-0.3, -0.25) is 4.79 Å². The molecule has 0 unspecified atom stereocenters. The van der Waals surface area contributed by atoms with Crippen LogP contribution >= 0.6 is 0 Å². The lowest BCUT2D eigenvalue weighted by molar-refractivity contribution is -0.140. The Balaban J connectivity index is 3.82. The molecule has 1 N–H and O–H groups in total. The second-order valence-electron chi connectivity index (χ2n) is 4.20. The maximum atomic E-state index is 11.8. The topological polar surface area (TPSA) is 37.3 Å². The van der Waals surface area contributed by atoms with Crippen LogP contribution in [0, 0.1) is 5.41 Å². The minimum absolute atomic E-state index is 0.0101. The summed E-state index contributed by atoms with van der Waals surface area (Å²) in [5.41, 5.74) is -0.558. The van der Waals surface area contributed by atoms with E-state index in [1.54, 1.807) is 13.8 Å². The molecule has 0 spiro atoms. The first-order chi connectivity index (χ1) is 6.12. The Morgan fingerprint density at radius 2 is 1.71 bits per heavy atom. The number of carboxylic acid groups (broad SMARTS) is 1.